The summed E-state index contributed by atoms with van der Waals surface area (Å²) in [6.07, 6.45) is 23.4. The predicted octanol–water partition coefficient (Wildman–Crippen LogP) is 17.7. The SMILES string of the molecule is C.C.CC.CC.CO[C@H]1C[C@@H]2CC[C@@H](C)[C@@](O)(O2)C(=O)C(=O)N2CCCC[C@H]2C(=O)OC([C@H](C)C[C@@H]2CCC(N[P+](C)=O)[C@H](OC)C2)CC(=O)[C@H](C)/C=C(\C)[C@@H](O)[C@@H](OC)C(=O)[C@H](C)C[C@H](C)/C=C/C=CC=C1C.CO[C@H]1C[C@@H]2CC[C@@H](C)[C@@](O)(O2)C(=O)C(=O)N2CCCC[C@H]2C(=O)OC([C@H](C)C[C@@H]2CCC(O)[C@H](OC)C2)CC(=O)[C@H](C)/C=C(\C)[C@@H](O)[C@@H](OC)C(=O)[C@H](C)C[C@H](C)/C=C/C=CC=C1C.C[P+](C)=O. The lowest BCUT2D eigenvalue weighted by atomic mass is 9.78. The first-order chi connectivity index (χ1) is 66.6. The van der Waals surface area contributed by atoms with Gasteiger partial charge in [-0.1, -0.05) is 194 Å². The minimum Gasteiger partial charge on any atom is -0.460 e. The summed E-state index contributed by atoms with van der Waals surface area (Å²) in [7, 11) is 6.65. The number of hydrogen-bond acceptors (Lipinski definition) is 27. The molecule has 4 bridgehead atoms. The van der Waals surface area contributed by atoms with E-state index in [9.17, 15) is 82.6 Å². The van der Waals surface area contributed by atoms with Gasteiger partial charge < -0.3 is 82.7 Å². The number of ketones is 6. The number of carbonyl (C=O) groups is 10. The van der Waals surface area contributed by atoms with E-state index in [1.807, 2.05) is 144 Å². The van der Waals surface area contributed by atoms with Crippen molar-refractivity contribution in [1.29, 1.82) is 0 Å². The van der Waals surface area contributed by atoms with Gasteiger partial charge in [-0.2, -0.15) is 0 Å². The lowest BCUT2D eigenvalue weighted by Crippen LogP contribution is -2.61. The molecule has 6 fully saturated rings. The van der Waals surface area contributed by atoms with Crippen LogP contribution in [0.2, 0.25) is 0 Å². The van der Waals surface area contributed by atoms with Gasteiger partial charge >= 0.3 is 27.7 Å². The minimum absolute atomic E-state index is 0. The van der Waals surface area contributed by atoms with Crippen molar-refractivity contribution in [2.24, 2.45) is 71.0 Å². The normalized spacial score (nSPS) is 36.2. The Morgan fingerprint density at radius 1 is 0.455 bits per heavy atom. The third-order valence-electron chi connectivity index (χ3n) is 29.3. The van der Waals surface area contributed by atoms with Crippen molar-refractivity contribution in [3.8, 4) is 0 Å². The van der Waals surface area contributed by atoms with E-state index in [0.29, 0.717) is 120 Å². The number of nitrogens with zero attached hydrogens (tertiary/aromatic N) is 2. The van der Waals surface area contributed by atoms with Crippen LogP contribution in [0.4, 0.5) is 0 Å². The van der Waals surface area contributed by atoms with E-state index in [4.69, 9.17) is 47.4 Å². The molecule has 4 saturated heterocycles. The van der Waals surface area contributed by atoms with E-state index in [-0.39, 0.29) is 131 Å². The lowest BCUT2D eigenvalue weighted by Gasteiger charge is -2.42. The maximum absolute atomic E-state index is 14.5. The van der Waals surface area contributed by atoms with Crippen LogP contribution in [0, 0.1) is 71.0 Å². The Bertz CT molecular complexity index is 4270. The van der Waals surface area contributed by atoms with Crippen LogP contribution in [0.3, 0.4) is 0 Å². The molecule has 0 spiro atoms. The number of ether oxygens (including phenoxy) is 10. The van der Waals surface area contributed by atoms with Crippen LogP contribution in [0.15, 0.2) is 95.2 Å². The molecule has 816 valence electrons. The topological polar surface area (TPSA) is 417 Å². The van der Waals surface area contributed by atoms with Crippen molar-refractivity contribution in [1.82, 2.24) is 14.9 Å². The van der Waals surface area contributed by atoms with Gasteiger partial charge in [0, 0.05) is 117 Å². The highest BCUT2D eigenvalue weighted by molar-refractivity contribution is 7.42. The summed E-state index contributed by atoms with van der Waals surface area (Å²) in [6, 6.07) is -2.36. The number of esters is 2. The molecule has 143 heavy (non-hydrogen) atoms. The zero-order valence-corrected chi connectivity index (χ0v) is 91.8. The number of hydrogen-bond donors (Lipinski definition) is 6. The lowest BCUT2D eigenvalue weighted by molar-refractivity contribution is -0.265. The zero-order chi connectivity index (χ0) is 106. The second-order valence-electron chi connectivity index (χ2n) is 40.7. The van der Waals surface area contributed by atoms with Crippen LogP contribution >= 0.6 is 15.8 Å². The van der Waals surface area contributed by atoms with Crippen molar-refractivity contribution in [2.75, 3.05) is 75.7 Å². The Kier molecular flexibility index (Phi) is 61.3. The molecule has 6 N–H and O–H groups in total. The Labute approximate surface area is 859 Å². The fourth-order valence-electron chi connectivity index (χ4n) is 20.6. The Balaban J connectivity index is 0.000000890. The number of aliphatic hydroxyl groups is 5. The van der Waals surface area contributed by atoms with E-state index in [2.05, 4.69) is 5.09 Å². The first kappa shape index (κ1) is 133. The van der Waals surface area contributed by atoms with Gasteiger partial charge in [-0.05, 0) is 214 Å². The Morgan fingerprint density at radius 3 is 1.17 bits per heavy atom. The number of methoxy groups -OCH3 is 6. The van der Waals surface area contributed by atoms with Gasteiger partial charge in [-0.15, -0.1) is 5.09 Å². The van der Waals surface area contributed by atoms with Gasteiger partial charge in [0.25, 0.3) is 23.4 Å². The number of carbonyl (C=O) groups excluding carboxylic acids is 10. The highest BCUT2D eigenvalue weighted by atomic mass is 31.1. The fraction of sp³-hybridized carbons (Fsp3) is 0.766. The van der Waals surface area contributed by atoms with Gasteiger partial charge in [0.15, 0.2) is 18.2 Å². The highest BCUT2D eigenvalue weighted by Crippen LogP contribution is 2.42. The van der Waals surface area contributed by atoms with E-state index in [0.717, 1.165) is 30.4 Å². The van der Waals surface area contributed by atoms with Crippen LogP contribution < -0.4 is 5.09 Å². The average Bonchev–Trinajstić information content (AvgIpc) is 0.777. The number of aliphatic hydroxyl groups excluding tert-OH is 3. The van der Waals surface area contributed by atoms with E-state index < -0.39 is 177 Å². The Morgan fingerprint density at radius 2 is 0.818 bits per heavy atom. The quantitative estimate of drug-likeness (QED) is 0.0407. The largest absolute Gasteiger partial charge is 0.460 e. The van der Waals surface area contributed by atoms with Gasteiger partial charge in [0.05, 0.1) is 48.8 Å². The fourth-order valence-corrected chi connectivity index (χ4v) is 21.4. The van der Waals surface area contributed by atoms with E-state index in [1.165, 1.54) is 24.0 Å². The number of piperidine rings is 2. The number of nitrogens with one attached hydrogen (secondary N) is 1. The smallest absolute Gasteiger partial charge is 0.429 e. The monoisotopic (exact) mass is 2060 g/mol. The van der Waals surface area contributed by atoms with E-state index >= 15 is 0 Å². The number of amides is 2. The molecule has 0 aromatic heterocycles. The summed E-state index contributed by atoms with van der Waals surface area (Å²) < 4.78 is 80.7. The number of cyclic esters (lactones) is 2. The average molecular weight is 2060 g/mol. The third kappa shape index (κ3) is 40.0. The van der Waals surface area contributed by atoms with Crippen LogP contribution in [-0.4, -0.2) is 279 Å². The third-order valence-corrected chi connectivity index (χ3v) is 30.0. The summed E-state index contributed by atoms with van der Waals surface area (Å²) in [5, 5.41) is 60.4. The molecular formula is C111H187N3O27P2+2. The van der Waals surface area contributed by atoms with Gasteiger partial charge in [0.1, 0.15) is 73.6 Å². The van der Waals surface area contributed by atoms with Crippen molar-refractivity contribution in [3.05, 3.63) is 95.2 Å². The van der Waals surface area contributed by atoms with Gasteiger partial charge in [-0.25, -0.2) is 9.59 Å². The maximum atomic E-state index is 14.5. The van der Waals surface area contributed by atoms with Crippen LogP contribution in [0.5, 0.6) is 0 Å². The predicted molar refractivity (Wildman–Crippen MR) is 560 cm³/mol. The molecule has 6 heterocycles. The number of fused-ring (bicyclic) bond motifs is 6. The maximum Gasteiger partial charge on any atom is 0.429 e. The molecule has 6 aliphatic heterocycles. The second-order valence-corrected chi connectivity index (χ2v) is 43.5. The summed E-state index contributed by atoms with van der Waals surface area (Å²) >= 11 is 0. The first-order valence-corrected chi connectivity index (χ1v) is 55.7. The Hall–Kier alpha value is -6.54. The molecule has 0 aromatic carbocycles. The molecule has 0 radical (unpaired) electrons. The van der Waals surface area contributed by atoms with Crippen molar-refractivity contribution < 1.29 is 130 Å². The molecule has 2 aliphatic carbocycles. The molecule has 2 amide bonds. The molecule has 32 heteroatoms. The molecule has 30 nitrogen and oxygen atoms in total. The summed E-state index contributed by atoms with van der Waals surface area (Å²) in [5.74, 6) is -15.9. The standard InChI is InChI=1S/C52H82N2O13P.C51H79NO13.C2H6OP.2C2H6.2CH4/c1-31-17-13-12-14-18-32(2)43(63-8)29-39-22-20-37(7)52(61,67-39)49(58)50(59)54-24-16-15-19-41(54)51(60)66-44(34(4)27-38-21-23-40(53-68(11)62)45(28-38)64-9)30-42(55)33(3)26-36(6)47(57)48(65-10)46(56)35(5)25-31;1-30-16-12-11-13-17-31(2)42(61-8)28-38-21-19-36(7)51(60,65-38)48(57)49(58)52-23-15-14-18-39(52)50(59)64-43(33(4)26-37-20-22-40(53)44(27-37)62-9)29-41(54)32(3)25-35(6)46(56)47(63-10)45(55)34(5)24-30;1-4(2)3;2*1-2;;/h12-14,17-18,26,31,33-35,37-41,43-45,47-48,57,61H,15-16,19-25,27-30H2,1-11H3,(H,53,62);11-13,16-17,25,30,32-34,36-40,42-44,46-47,53,56,60H,14-15,18-24,26-29H2,1-10H3;1-2H3;2*1-2H3;2*1H4/q+1;;+1;;;;/b14-12?,17-13+,32-18?,36-26+;13-11?,16-12+,31-17?,35-25+;;;;;/t31-,33-,34-,35-,37-,38+,39+,40?,41+,43+,44?,45-,47-,48+,52-;30-,32-,33-,34-,36-,37+,38+,39+,40?,42+,43?,44-,46-,47+,51-;;;;;/m11...../s1. The second kappa shape index (κ2) is 66.1. The zero-order valence-electron chi connectivity index (χ0n) is 90.0. The molecule has 0 aromatic rings. The molecule has 31 atom stereocenters. The summed E-state index contributed by atoms with van der Waals surface area (Å²) in [6.45, 7) is 38.5. The highest BCUT2D eigenvalue weighted by Gasteiger charge is 2.56. The van der Waals surface area contributed by atoms with Crippen LogP contribution in [0.1, 0.15) is 294 Å². The molecule has 8 aliphatic rings. The van der Waals surface area contributed by atoms with Crippen LogP contribution in [0.25, 0.3) is 0 Å². The molecule has 8 rings (SSSR count). The molecular weight excluding hydrogens is 1870 g/mol. The first-order valence-electron chi connectivity index (χ1n) is 51.8. The van der Waals surface area contributed by atoms with Crippen LogP contribution in [-0.2, 0) is 104 Å². The molecule has 2 saturated carbocycles. The van der Waals surface area contributed by atoms with Gasteiger partial charge in [-0.3, -0.25) is 38.4 Å². The summed E-state index contributed by atoms with van der Waals surface area (Å²) in [4.78, 5) is 144. The van der Waals surface area contributed by atoms with Crippen molar-refractivity contribution in [2.45, 2.75) is 403 Å². The van der Waals surface area contributed by atoms with Gasteiger partial charge in [0.2, 0.25) is 11.6 Å². The molecule has 5 unspecified atom stereocenters. The van der Waals surface area contributed by atoms with E-state index in [1.54, 1.807) is 102 Å². The number of Topliss-reactive ketones (excluding diaryl/α,β-unsaturated/α-hetero) is 6. The minimum atomic E-state index is -2.43. The summed E-state index contributed by atoms with van der Waals surface area (Å²) in [5.41, 5.74) is 2.53. The van der Waals surface area contributed by atoms with Crippen molar-refractivity contribution >= 4 is 74.2 Å². The number of rotatable bonds is 14. The number of allylic oxidation sites excluding steroid dienone is 12. The van der Waals surface area contributed by atoms with Crippen molar-refractivity contribution in [3.63, 3.8) is 0 Å².